The monoisotopic (exact) mass is 514 g/mol. The third-order valence-corrected chi connectivity index (χ3v) is 5.86. The Hall–Kier alpha value is -3.03. The van der Waals surface area contributed by atoms with Gasteiger partial charge in [0.05, 0.1) is 18.7 Å². The normalized spacial score (nSPS) is 15.5. The largest absolute Gasteiger partial charge is 0.495 e. The number of carbonyl (C=O) groups excluding carboxylic acids is 2. The lowest BCUT2D eigenvalue weighted by atomic mass is 10.1. The van der Waals surface area contributed by atoms with E-state index in [1.807, 2.05) is 24.3 Å². The number of amides is 2. The lowest BCUT2D eigenvalue weighted by Crippen LogP contribution is -2.28. The number of halogens is 2. The lowest BCUT2D eigenvalue weighted by molar-refractivity contribution is -0.122. The molecule has 0 spiro atoms. The van der Waals surface area contributed by atoms with Crippen LogP contribution >= 0.6 is 27.5 Å². The van der Waals surface area contributed by atoms with Crippen LogP contribution in [0, 0.1) is 5.92 Å². The highest BCUT2D eigenvalue weighted by Crippen LogP contribution is 2.35. The Labute approximate surface area is 199 Å². The van der Waals surface area contributed by atoms with Crippen molar-refractivity contribution in [2.75, 3.05) is 23.9 Å². The van der Waals surface area contributed by atoms with Gasteiger partial charge in [-0.25, -0.2) is 0 Å². The first kappa shape index (κ1) is 22.2. The van der Waals surface area contributed by atoms with Crippen molar-refractivity contribution in [1.29, 1.82) is 0 Å². The van der Waals surface area contributed by atoms with E-state index in [9.17, 15) is 9.59 Å². The topological polar surface area (TPSA) is 67.9 Å². The standard InChI is InChI=1S/C24H20BrClN2O4/c1-31-22-11-4-17(26)13-21(22)28-14-15(12-23(28)29)24(30)27-18-5-9-20(10-6-18)32-19-7-2-16(25)3-8-19/h2-11,13,15H,12,14H2,1H3,(H,27,30)/t15-/m0/s1. The molecule has 0 aromatic heterocycles. The number of benzene rings is 3. The minimum atomic E-state index is -0.482. The molecule has 8 heteroatoms. The van der Waals surface area contributed by atoms with Crippen LogP contribution in [0.1, 0.15) is 6.42 Å². The Bertz CT molecular complexity index is 1140. The van der Waals surface area contributed by atoms with Crippen molar-refractivity contribution in [3.8, 4) is 17.2 Å². The van der Waals surface area contributed by atoms with Gasteiger partial charge in [0.15, 0.2) is 0 Å². The molecular formula is C24H20BrClN2O4. The van der Waals surface area contributed by atoms with Crippen molar-refractivity contribution in [2.45, 2.75) is 6.42 Å². The van der Waals surface area contributed by atoms with Gasteiger partial charge in [-0.2, -0.15) is 0 Å². The van der Waals surface area contributed by atoms with E-state index in [0.717, 1.165) is 4.47 Å². The summed E-state index contributed by atoms with van der Waals surface area (Å²) < 4.78 is 12.1. The number of methoxy groups -OCH3 is 1. The summed E-state index contributed by atoms with van der Waals surface area (Å²) in [5, 5.41) is 3.37. The van der Waals surface area contributed by atoms with Crippen LogP contribution in [-0.4, -0.2) is 25.5 Å². The van der Waals surface area contributed by atoms with Crippen LogP contribution in [-0.2, 0) is 9.59 Å². The molecule has 1 N–H and O–H groups in total. The van der Waals surface area contributed by atoms with E-state index >= 15 is 0 Å². The molecule has 1 saturated heterocycles. The molecule has 0 saturated carbocycles. The third-order valence-electron chi connectivity index (χ3n) is 5.10. The zero-order valence-corrected chi connectivity index (χ0v) is 19.5. The maximum Gasteiger partial charge on any atom is 0.229 e. The van der Waals surface area contributed by atoms with Crippen LogP contribution < -0.4 is 19.7 Å². The van der Waals surface area contributed by atoms with Crippen molar-refractivity contribution in [2.24, 2.45) is 5.92 Å². The number of nitrogens with one attached hydrogen (secondary N) is 1. The summed E-state index contributed by atoms with van der Waals surface area (Å²) in [6, 6.07) is 19.7. The van der Waals surface area contributed by atoms with E-state index < -0.39 is 5.92 Å². The minimum absolute atomic E-state index is 0.117. The molecule has 1 atom stereocenters. The fourth-order valence-corrected chi connectivity index (χ4v) is 3.91. The molecule has 3 aromatic carbocycles. The summed E-state index contributed by atoms with van der Waals surface area (Å²) in [4.78, 5) is 26.9. The second-order valence-electron chi connectivity index (χ2n) is 7.29. The molecule has 1 fully saturated rings. The average molecular weight is 516 g/mol. The highest BCUT2D eigenvalue weighted by molar-refractivity contribution is 9.10. The van der Waals surface area contributed by atoms with E-state index in [0.29, 0.717) is 33.6 Å². The summed E-state index contributed by atoms with van der Waals surface area (Å²) in [5.74, 6) is 1.05. The molecule has 0 unspecified atom stereocenters. The highest BCUT2D eigenvalue weighted by Gasteiger charge is 2.36. The molecule has 4 rings (SSSR count). The highest BCUT2D eigenvalue weighted by atomic mass is 79.9. The lowest BCUT2D eigenvalue weighted by Gasteiger charge is -2.20. The Balaban J connectivity index is 1.39. The fourth-order valence-electron chi connectivity index (χ4n) is 3.48. The molecule has 3 aromatic rings. The Morgan fingerprint density at radius 3 is 2.38 bits per heavy atom. The summed E-state index contributed by atoms with van der Waals surface area (Å²) in [6.07, 6.45) is 0.117. The van der Waals surface area contributed by atoms with E-state index in [1.165, 1.54) is 7.11 Å². The summed E-state index contributed by atoms with van der Waals surface area (Å²) >= 11 is 9.48. The van der Waals surface area contributed by atoms with Gasteiger partial charge in [0.1, 0.15) is 17.2 Å². The first-order valence-electron chi connectivity index (χ1n) is 9.91. The predicted molar refractivity (Wildman–Crippen MR) is 128 cm³/mol. The van der Waals surface area contributed by atoms with Crippen LogP contribution in [0.2, 0.25) is 5.02 Å². The second kappa shape index (κ2) is 9.63. The second-order valence-corrected chi connectivity index (χ2v) is 8.64. The molecule has 32 heavy (non-hydrogen) atoms. The number of ether oxygens (including phenoxy) is 2. The Morgan fingerprint density at radius 2 is 1.72 bits per heavy atom. The summed E-state index contributed by atoms with van der Waals surface area (Å²) in [7, 11) is 1.53. The van der Waals surface area contributed by atoms with Crippen LogP contribution in [0.3, 0.4) is 0 Å². The molecular weight excluding hydrogens is 496 g/mol. The van der Waals surface area contributed by atoms with Crippen LogP contribution in [0.15, 0.2) is 71.2 Å². The van der Waals surface area contributed by atoms with Gasteiger partial charge in [0, 0.05) is 28.1 Å². The average Bonchev–Trinajstić information content (AvgIpc) is 3.18. The fraction of sp³-hybridized carbons (Fsp3) is 0.167. The van der Waals surface area contributed by atoms with Gasteiger partial charge in [-0.05, 0) is 66.7 Å². The van der Waals surface area contributed by atoms with E-state index in [2.05, 4.69) is 21.2 Å². The SMILES string of the molecule is COc1ccc(Cl)cc1N1C[C@@H](C(=O)Nc2ccc(Oc3ccc(Br)cc3)cc2)CC1=O. The maximum absolute atomic E-state index is 12.8. The smallest absolute Gasteiger partial charge is 0.229 e. The molecule has 164 valence electrons. The van der Waals surface area contributed by atoms with Gasteiger partial charge < -0.3 is 19.7 Å². The van der Waals surface area contributed by atoms with Crippen molar-refractivity contribution in [3.05, 3.63) is 76.2 Å². The van der Waals surface area contributed by atoms with Gasteiger partial charge in [-0.1, -0.05) is 27.5 Å². The summed E-state index contributed by atoms with van der Waals surface area (Å²) in [6.45, 7) is 0.256. The quantitative estimate of drug-likeness (QED) is 0.444. The molecule has 0 radical (unpaired) electrons. The number of anilines is 2. The minimum Gasteiger partial charge on any atom is -0.495 e. The van der Waals surface area contributed by atoms with Crippen molar-refractivity contribution in [1.82, 2.24) is 0 Å². The van der Waals surface area contributed by atoms with Crippen molar-refractivity contribution < 1.29 is 19.1 Å². The number of hydrogen-bond acceptors (Lipinski definition) is 4. The van der Waals surface area contributed by atoms with Gasteiger partial charge >= 0.3 is 0 Å². The van der Waals surface area contributed by atoms with E-state index in [1.54, 1.807) is 47.4 Å². The number of rotatable bonds is 6. The van der Waals surface area contributed by atoms with E-state index in [-0.39, 0.29) is 24.8 Å². The Morgan fingerprint density at radius 1 is 1.06 bits per heavy atom. The first-order chi connectivity index (χ1) is 15.4. The molecule has 1 heterocycles. The molecule has 1 aliphatic heterocycles. The van der Waals surface area contributed by atoms with Gasteiger partial charge in [-0.3, -0.25) is 9.59 Å². The van der Waals surface area contributed by atoms with Gasteiger partial charge in [-0.15, -0.1) is 0 Å². The van der Waals surface area contributed by atoms with Crippen LogP contribution in [0.5, 0.6) is 17.2 Å². The third kappa shape index (κ3) is 5.06. The molecule has 6 nitrogen and oxygen atoms in total. The molecule has 1 aliphatic rings. The summed E-state index contributed by atoms with van der Waals surface area (Å²) in [5.41, 5.74) is 1.19. The molecule has 0 bridgehead atoms. The van der Waals surface area contributed by atoms with Crippen LogP contribution in [0.4, 0.5) is 11.4 Å². The first-order valence-corrected chi connectivity index (χ1v) is 11.1. The number of hydrogen-bond donors (Lipinski definition) is 1. The Kier molecular flexibility index (Phi) is 6.67. The van der Waals surface area contributed by atoms with Gasteiger partial charge in [0.2, 0.25) is 11.8 Å². The van der Waals surface area contributed by atoms with Gasteiger partial charge in [0.25, 0.3) is 0 Å². The predicted octanol–water partition coefficient (Wildman–Crippen LogP) is 5.90. The van der Waals surface area contributed by atoms with E-state index in [4.69, 9.17) is 21.1 Å². The number of carbonyl (C=O) groups is 2. The zero-order valence-electron chi connectivity index (χ0n) is 17.2. The van der Waals surface area contributed by atoms with Crippen molar-refractivity contribution >= 4 is 50.7 Å². The van der Waals surface area contributed by atoms with Crippen LogP contribution in [0.25, 0.3) is 0 Å². The molecule has 2 amide bonds. The number of nitrogens with zero attached hydrogens (tertiary/aromatic N) is 1. The van der Waals surface area contributed by atoms with Crippen molar-refractivity contribution in [3.63, 3.8) is 0 Å². The maximum atomic E-state index is 12.8. The molecule has 0 aliphatic carbocycles. The zero-order chi connectivity index (χ0) is 22.7.